The number of halogens is 2. The van der Waals surface area contributed by atoms with Crippen molar-refractivity contribution in [3.8, 4) is 6.07 Å². The van der Waals surface area contributed by atoms with Crippen molar-refractivity contribution in [1.29, 1.82) is 5.26 Å². The van der Waals surface area contributed by atoms with Gasteiger partial charge in [-0.2, -0.15) is 5.26 Å². The van der Waals surface area contributed by atoms with Gasteiger partial charge in [-0.3, -0.25) is 4.79 Å². The molecular weight excluding hydrogens is 385 g/mol. The zero-order chi connectivity index (χ0) is 19.4. The summed E-state index contributed by atoms with van der Waals surface area (Å²) in [7, 11) is 0. The number of nitrogens with zero attached hydrogens (tertiary/aromatic N) is 3. The minimum absolute atomic E-state index is 0.149. The number of hydrogen-bond acceptors (Lipinski definition) is 5. The monoisotopic (exact) mass is 397 g/mol. The maximum absolute atomic E-state index is 12.6. The number of rotatable bonds is 4. The van der Waals surface area contributed by atoms with Crippen LogP contribution in [0.2, 0.25) is 10.0 Å². The first-order chi connectivity index (χ1) is 13.0. The third kappa shape index (κ3) is 4.53. The van der Waals surface area contributed by atoms with Crippen molar-refractivity contribution in [2.24, 2.45) is 0 Å². The lowest BCUT2D eigenvalue weighted by molar-refractivity contribution is 0.102. The van der Waals surface area contributed by atoms with Crippen molar-refractivity contribution in [2.45, 2.75) is 6.92 Å². The minimum Gasteiger partial charge on any atom is -0.323 e. The van der Waals surface area contributed by atoms with Crippen LogP contribution in [0.25, 0.3) is 0 Å². The number of benzene rings is 2. The third-order valence-electron chi connectivity index (χ3n) is 3.56. The number of anilines is 3. The molecule has 0 aliphatic rings. The summed E-state index contributed by atoms with van der Waals surface area (Å²) in [5, 5.41) is 15.7. The molecule has 0 radical (unpaired) electrons. The van der Waals surface area contributed by atoms with Gasteiger partial charge in [0.05, 0.1) is 22.0 Å². The van der Waals surface area contributed by atoms with E-state index in [-0.39, 0.29) is 11.6 Å². The van der Waals surface area contributed by atoms with Gasteiger partial charge >= 0.3 is 0 Å². The average Bonchev–Trinajstić information content (AvgIpc) is 2.64. The summed E-state index contributed by atoms with van der Waals surface area (Å²) in [6, 6.07) is 15.3. The normalized spacial score (nSPS) is 10.1. The predicted octanol–water partition coefficient (Wildman–Crippen LogP) is 4.96. The quantitative estimate of drug-likeness (QED) is 0.648. The van der Waals surface area contributed by atoms with Gasteiger partial charge in [0.1, 0.15) is 11.8 Å². The molecule has 0 saturated heterocycles. The van der Waals surface area contributed by atoms with Crippen molar-refractivity contribution in [2.75, 3.05) is 10.6 Å². The Kier molecular flexibility index (Phi) is 5.55. The van der Waals surface area contributed by atoms with E-state index in [1.54, 1.807) is 55.5 Å². The van der Waals surface area contributed by atoms with Gasteiger partial charge in [-0.25, -0.2) is 9.97 Å². The number of nitriles is 1. The first-order valence-electron chi connectivity index (χ1n) is 7.84. The molecule has 6 nitrogen and oxygen atoms in total. The number of para-hydroxylation sites is 1. The van der Waals surface area contributed by atoms with Gasteiger partial charge in [0.2, 0.25) is 5.95 Å². The Morgan fingerprint density at radius 2 is 1.85 bits per heavy atom. The summed E-state index contributed by atoms with van der Waals surface area (Å²) in [6.45, 7) is 1.74. The van der Waals surface area contributed by atoms with Gasteiger partial charge in [0.25, 0.3) is 5.91 Å². The molecule has 2 N–H and O–H groups in total. The van der Waals surface area contributed by atoms with E-state index < -0.39 is 5.91 Å². The van der Waals surface area contributed by atoms with Gasteiger partial charge in [-0.1, -0.05) is 35.3 Å². The number of amides is 1. The highest BCUT2D eigenvalue weighted by Gasteiger charge is 2.13. The Hall–Kier alpha value is -3.14. The van der Waals surface area contributed by atoms with E-state index >= 15 is 0 Å². The largest absolute Gasteiger partial charge is 0.323 e. The first kappa shape index (κ1) is 18.6. The predicted molar refractivity (Wildman–Crippen MR) is 106 cm³/mol. The number of aryl methyl sites for hydroxylation is 1. The van der Waals surface area contributed by atoms with Crippen LogP contribution < -0.4 is 10.6 Å². The maximum atomic E-state index is 12.6. The smallest absolute Gasteiger partial charge is 0.274 e. The van der Waals surface area contributed by atoms with Crippen LogP contribution in [0.5, 0.6) is 0 Å². The average molecular weight is 398 g/mol. The molecule has 134 valence electrons. The summed E-state index contributed by atoms with van der Waals surface area (Å²) in [5.74, 6) is -0.249. The molecule has 1 aromatic heterocycles. The van der Waals surface area contributed by atoms with Crippen LogP contribution in [0.4, 0.5) is 17.3 Å². The van der Waals surface area contributed by atoms with Crippen LogP contribution >= 0.6 is 23.2 Å². The fourth-order valence-corrected chi connectivity index (χ4v) is 2.67. The molecule has 3 aromatic rings. The van der Waals surface area contributed by atoms with Gasteiger partial charge < -0.3 is 10.6 Å². The van der Waals surface area contributed by atoms with Gasteiger partial charge in [-0.15, -0.1) is 0 Å². The van der Waals surface area contributed by atoms with Gasteiger partial charge in [0.15, 0.2) is 0 Å². The van der Waals surface area contributed by atoms with Crippen LogP contribution in [-0.4, -0.2) is 15.9 Å². The Balaban J connectivity index is 1.88. The first-order valence-corrected chi connectivity index (χ1v) is 8.60. The second-order valence-electron chi connectivity index (χ2n) is 5.58. The molecule has 0 saturated carbocycles. The summed E-state index contributed by atoms with van der Waals surface area (Å²) >= 11 is 12.1. The zero-order valence-corrected chi connectivity index (χ0v) is 15.6. The topological polar surface area (TPSA) is 90.7 Å². The highest BCUT2D eigenvalue weighted by atomic mass is 35.5. The summed E-state index contributed by atoms with van der Waals surface area (Å²) in [4.78, 5) is 21.1. The SMILES string of the molecule is Cc1cc(C(=O)Nc2ccccc2C#N)nc(Nc2cc(Cl)ccc2Cl)n1. The second-order valence-corrected chi connectivity index (χ2v) is 6.42. The zero-order valence-electron chi connectivity index (χ0n) is 14.1. The van der Waals surface area contributed by atoms with E-state index in [0.29, 0.717) is 32.7 Å². The van der Waals surface area contributed by atoms with Crippen molar-refractivity contribution in [1.82, 2.24) is 9.97 Å². The van der Waals surface area contributed by atoms with E-state index in [1.165, 1.54) is 0 Å². The number of aromatic nitrogens is 2. The van der Waals surface area contributed by atoms with Crippen LogP contribution in [0, 0.1) is 18.3 Å². The fourth-order valence-electron chi connectivity index (χ4n) is 2.33. The van der Waals surface area contributed by atoms with E-state index in [0.717, 1.165) is 0 Å². The molecule has 0 unspecified atom stereocenters. The van der Waals surface area contributed by atoms with Crippen LogP contribution in [0.15, 0.2) is 48.5 Å². The Bertz CT molecular complexity index is 1060. The third-order valence-corrected chi connectivity index (χ3v) is 4.12. The highest BCUT2D eigenvalue weighted by molar-refractivity contribution is 6.35. The maximum Gasteiger partial charge on any atom is 0.274 e. The van der Waals surface area contributed by atoms with Crippen LogP contribution in [0.1, 0.15) is 21.7 Å². The van der Waals surface area contributed by atoms with Crippen molar-refractivity contribution in [3.05, 3.63) is 75.5 Å². The lowest BCUT2D eigenvalue weighted by Crippen LogP contribution is -2.16. The summed E-state index contributed by atoms with van der Waals surface area (Å²) < 4.78 is 0. The van der Waals surface area contributed by atoms with Crippen LogP contribution in [0.3, 0.4) is 0 Å². The molecule has 1 heterocycles. The molecule has 1 amide bonds. The molecule has 3 rings (SSSR count). The molecule has 27 heavy (non-hydrogen) atoms. The molecule has 2 aromatic carbocycles. The Morgan fingerprint density at radius 3 is 2.63 bits per heavy atom. The van der Waals surface area contributed by atoms with E-state index in [1.807, 2.05) is 6.07 Å². The van der Waals surface area contributed by atoms with E-state index in [2.05, 4.69) is 20.6 Å². The van der Waals surface area contributed by atoms with E-state index in [4.69, 9.17) is 28.5 Å². The number of carbonyl (C=O) groups is 1. The number of nitrogens with one attached hydrogen (secondary N) is 2. The van der Waals surface area contributed by atoms with Gasteiger partial charge in [-0.05, 0) is 43.3 Å². The lowest BCUT2D eigenvalue weighted by Gasteiger charge is -2.10. The van der Waals surface area contributed by atoms with Gasteiger partial charge in [0, 0.05) is 10.7 Å². The summed E-state index contributed by atoms with van der Waals surface area (Å²) in [6.07, 6.45) is 0. The number of hydrogen-bond donors (Lipinski definition) is 2. The molecule has 0 atom stereocenters. The van der Waals surface area contributed by atoms with Crippen LogP contribution in [-0.2, 0) is 0 Å². The van der Waals surface area contributed by atoms with E-state index in [9.17, 15) is 4.79 Å². The molecule has 0 bridgehead atoms. The summed E-state index contributed by atoms with van der Waals surface area (Å²) in [5.41, 5.74) is 2.03. The van der Waals surface area contributed by atoms with Crippen molar-refractivity contribution >= 4 is 46.4 Å². The molecule has 0 aliphatic heterocycles. The Morgan fingerprint density at radius 1 is 1.07 bits per heavy atom. The molecular formula is C19H13Cl2N5O. The molecule has 0 aliphatic carbocycles. The fraction of sp³-hybridized carbons (Fsp3) is 0.0526. The lowest BCUT2D eigenvalue weighted by atomic mass is 10.2. The Labute approximate surface area is 165 Å². The molecule has 0 fully saturated rings. The number of carbonyl (C=O) groups excluding carboxylic acids is 1. The van der Waals surface area contributed by atoms with Crippen molar-refractivity contribution < 1.29 is 4.79 Å². The second kappa shape index (κ2) is 8.04. The van der Waals surface area contributed by atoms with Crippen molar-refractivity contribution in [3.63, 3.8) is 0 Å². The highest BCUT2D eigenvalue weighted by Crippen LogP contribution is 2.27. The minimum atomic E-state index is -0.455. The standard InChI is InChI=1S/C19H13Cl2N5O/c1-11-8-17(18(27)24-15-5-3-2-4-12(15)10-22)26-19(23-11)25-16-9-13(20)6-7-14(16)21/h2-9H,1H3,(H,24,27)(H,23,25,26). The molecule has 8 heteroatoms. The molecule has 0 spiro atoms.